The second kappa shape index (κ2) is 6.40. The molecular weight excluding hydrogens is 248 g/mol. The van der Waals surface area contributed by atoms with Gasteiger partial charge in [0.05, 0.1) is 0 Å². The number of likely N-dealkylation sites (tertiary alicyclic amines) is 1. The average Bonchev–Trinajstić information content (AvgIpc) is 2.78. The van der Waals surface area contributed by atoms with Gasteiger partial charge in [0.2, 0.25) is 5.91 Å². The molecular formula is C17H26N2O. The Morgan fingerprint density at radius 1 is 1.35 bits per heavy atom. The van der Waals surface area contributed by atoms with Crippen molar-refractivity contribution in [2.75, 3.05) is 20.1 Å². The van der Waals surface area contributed by atoms with Crippen molar-refractivity contribution in [3.05, 3.63) is 35.4 Å². The summed E-state index contributed by atoms with van der Waals surface area (Å²) < 4.78 is 0. The largest absolute Gasteiger partial charge is 0.340 e. The molecule has 110 valence electrons. The third-order valence-corrected chi connectivity index (χ3v) is 4.50. The first-order chi connectivity index (χ1) is 9.52. The van der Waals surface area contributed by atoms with E-state index in [-0.39, 0.29) is 6.04 Å². The Labute approximate surface area is 122 Å². The lowest BCUT2D eigenvalue weighted by Crippen LogP contribution is -2.35. The summed E-state index contributed by atoms with van der Waals surface area (Å²) in [5.74, 6) is 1.39. The molecule has 1 saturated heterocycles. The van der Waals surface area contributed by atoms with E-state index < -0.39 is 0 Å². The maximum Gasteiger partial charge on any atom is 0.222 e. The topological polar surface area (TPSA) is 32.3 Å². The fourth-order valence-corrected chi connectivity index (χ4v) is 2.97. The Morgan fingerprint density at radius 2 is 2.05 bits per heavy atom. The van der Waals surface area contributed by atoms with Crippen molar-refractivity contribution in [1.82, 2.24) is 10.2 Å². The van der Waals surface area contributed by atoms with Gasteiger partial charge in [-0.1, -0.05) is 38.1 Å². The molecule has 1 amide bonds. The average molecular weight is 274 g/mol. The Morgan fingerprint density at radius 3 is 2.60 bits per heavy atom. The third kappa shape index (κ3) is 3.21. The van der Waals surface area contributed by atoms with Crippen LogP contribution < -0.4 is 5.32 Å². The Kier molecular flexibility index (Phi) is 4.81. The highest BCUT2D eigenvalue weighted by molar-refractivity contribution is 5.78. The quantitative estimate of drug-likeness (QED) is 0.895. The molecule has 1 aliphatic heterocycles. The van der Waals surface area contributed by atoms with Crippen LogP contribution in [0.15, 0.2) is 24.3 Å². The van der Waals surface area contributed by atoms with Crippen molar-refractivity contribution in [2.24, 2.45) is 11.8 Å². The molecule has 1 fully saturated rings. The number of nitrogens with one attached hydrogen (secondary N) is 1. The first-order valence-electron chi connectivity index (χ1n) is 7.53. The predicted molar refractivity (Wildman–Crippen MR) is 82.5 cm³/mol. The molecule has 3 nitrogen and oxygen atoms in total. The third-order valence-electron chi connectivity index (χ3n) is 4.50. The lowest BCUT2D eigenvalue weighted by molar-refractivity contribution is -0.128. The van der Waals surface area contributed by atoms with Gasteiger partial charge in [-0.25, -0.2) is 0 Å². The minimum absolute atomic E-state index is 0.214. The van der Waals surface area contributed by atoms with Crippen LogP contribution in [0.2, 0.25) is 0 Å². The summed E-state index contributed by atoms with van der Waals surface area (Å²) in [5.41, 5.74) is 2.56. The van der Waals surface area contributed by atoms with Crippen LogP contribution in [0.1, 0.15) is 37.4 Å². The van der Waals surface area contributed by atoms with Gasteiger partial charge < -0.3 is 10.2 Å². The molecule has 1 aliphatic rings. The highest BCUT2D eigenvalue weighted by Crippen LogP contribution is 2.27. The van der Waals surface area contributed by atoms with Crippen LogP contribution in [0.3, 0.4) is 0 Å². The number of amides is 1. The van der Waals surface area contributed by atoms with Gasteiger partial charge in [-0.05, 0) is 36.9 Å². The minimum atomic E-state index is 0.214. The van der Waals surface area contributed by atoms with Gasteiger partial charge in [0.15, 0.2) is 0 Å². The molecule has 0 spiro atoms. The standard InChI is InChI=1S/C17H26N2O/c1-12(2)14-9-17(20)19(10-14)11-16(18-4)15-8-6-5-7-13(15)3/h5-8,12,14,16,18H,9-11H2,1-4H3. The van der Waals surface area contributed by atoms with Crippen LogP contribution in [0.5, 0.6) is 0 Å². The Bertz CT molecular complexity index is 470. The summed E-state index contributed by atoms with van der Waals surface area (Å²) in [4.78, 5) is 14.2. The van der Waals surface area contributed by atoms with Crippen LogP contribution in [0.4, 0.5) is 0 Å². The number of likely N-dealkylation sites (N-methyl/N-ethyl adjacent to an activating group) is 1. The fraction of sp³-hybridized carbons (Fsp3) is 0.588. The van der Waals surface area contributed by atoms with E-state index in [1.165, 1.54) is 11.1 Å². The van der Waals surface area contributed by atoms with Gasteiger partial charge in [0.25, 0.3) is 0 Å². The number of carbonyl (C=O) groups is 1. The van der Waals surface area contributed by atoms with Gasteiger partial charge in [-0.2, -0.15) is 0 Å². The van der Waals surface area contributed by atoms with E-state index in [0.717, 1.165) is 13.1 Å². The van der Waals surface area contributed by atoms with Gasteiger partial charge >= 0.3 is 0 Å². The number of hydrogen-bond donors (Lipinski definition) is 1. The van der Waals surface area contributed by atoms with Crippen LogP contribution in [-0.2, 0) is 4.79 Å². The molecule has 1 aromatic carbocycles. The number of nitrogens with zero attached hydrogens (tertiary/aromatic N) is 1. The van der Waals surface area contributed by atoms with Crippen molar-refractivity contribution >= 4 is 5.91 Å². The monoisotopic (exact) mass is 274 g/mol. The van der Waals surface area contributed by atoms with E-state index in [0.29, 0.717) is 24.2 Å². The molecule has 1 heterocycles. The normalized spacial score (nSPS) is 20.8. The lowest BCUT2D eigenvalue weighted by atomic mass is 9.95. The first kappa shape index (κ1) is 15.0. The molecule has 2 rings (SSSR count). The molecule has 0 radical (unpaired) electrons. The minimum Gasteiger partial charge on any atom is -0.340 e. The Balaban J connectivity index is 2.08. The van der Waals surface area contributed by atoms with Crippen molar-refractivity contribution in [3.63, 3.8) is 0 Å². The number of rotatable bonds is 5. The van der Waals surface area contributed by atoms with E-state index in [1.807, 2.05) is 11.9 Å². The van der Waals surface area contributed by atoms with E-state index in [2.05, 4.69) is 50.4 Å². The molecule has 3 heteroatoms. The van der Waals surface area contributed by atoms with Crippen LogP contribution in [0.25, 0.3) is 0 Å². The molecule has 0 aromatic heterocycles. The lowest BCUT2D eigenvalue weighted by Gasteiger charge is -2.25. The van der Waals surface area contributed by atoms with E-state index in [9.17, 15) is 4.79 Å². The van der Waals surface area contributed by atoms with Gasteiger partial charge in [0.1, 0.15) is 0 Å². The summed E-state index contributed by atoms with van der Waals surface area (Å²) >= 11 is 0. The molecule has 20 heavy (non-hydrogen) atoms. The van der Waals surface area contributed by atoms with Crippen LogP contribution >= 0.6 is 0 Å². The molecule has 1 aromatic rings. The van der Waals surface area contributed by atoms with Gasteiger partial charge in [0, 0.05) is 25.6 Å². The van der Waals surface area contributed by atoms with E-state index in [4.69, 9.17) is 0 Å². The molecule has 2 atom stereocenters. The van der Waals surface area contributed by atoms with Gasteiger partial charge in [-0.3, -0.25) is 4.79 Å². The summed E-state index contributed by atoms with van der Waals surface area (Å²) in [6.07, 6.45) is 0.710. The number of aryl methyl sites for hydroxylation is 1. The van der Waals surface area contributed by atoms with Crippen LogP contribution in [-0.4, -0.2) is 30.9 Å². The SMILES string of the molecule is CNC(CN1CC(C(C)C)CC1=O)c1ccccc1C. The molecule has 2 unspecified atom stereocenters. The second-order valence-electron chi connectivity index (χ2n) is 6.20. The number of benzene rings is 1. The summed E-state index contributed by atoms with van der Waals surface area (Å²) in [6.45, 7) is 8.21. The molecule has 0 bridgehead atoms. The van der Waals surface area contributed by atoms with Crippen LogP contribution in [0, 0.1) is 18.8 Å². The van der Waals surface area contributed by atoms with Gasteiger partial charge in [-0.15, -0.1) is 0 Å². The summed E-state index contributed by atoms with van der Waals surface area (Å²) in [7, 11) is 1.97. The smallest absolute Gasteiger partial charge is 0.222 e. The van der Waals surface area contributed by atoms with E-state index >= 15 is 0 Å². The summed E-state index contributed by atoms with van der Waals surface area (Å²) in [6, 6.07) is 8.61. The zero-order valence-electron chi connectivity index (χ0n) is 13.0. The molecule has 0 aliphatic carbocycles. The highest BCUT2D eigenvalue weighted by Gasteiger charge is 2.32. The summed E-state index contributed by atoms with van der Waals surface area (Å²) in [5, 5.41) is 3.36. The molecule has 1 N–H and O–H groups in total. The van der Waals surface area contributed by atoms with Crippen molar-refractivity contribution in [1.29, 1.82) is 0 Å². The second-order valence-corrected chi connectivity index (χ2v) is 6.20. The maximum absolute atomic E-state index is 12.2. The Hall–Kier alpha value is -1.35. The predicted octanol–water partition coefficient (Wildman–Crippen LogP) is 2.76. The fourth-order valence-electron chi connectivity index (χ4n) is 2.97. The number of carbonyl (C=O) groups excluding carboxylic acids is 1. The first-order valence-corrected chi connectivity index (χ1v) is 7.53. The number of hydrogen-bond acceptors (Lipinski definition) is 2. The van der Waals surface area contributed by atoms with E-state index in [1.54, 1.807) is 0 Å². The molecule has 0 saturated carbocycles. The zero-order valence-corrected chi connectivity index (χ0v) is 13.0. The maximum atomic E-state index is 12.2. The van der Waals surface area contributed by atoms with Crippen molar-refractivity contribution < 1.29 is 4.79 Å². The van der Waals surface area contributed by atoms with Crippen molar-refractivity contribution in [3.8, 4) is 0 Å². The highest BCUT2D eigenvalue weighted by atomic mass is 16.2. The van der Waals surface area contributed by atoms with Crippen molar-refractivity contribution in [2.45, 2.75) is 33.2 Å². The zero-order chi connectivity index (χ0) is 14.7.